The van der Waals surface area contributed by atoms with E-state index in [1.165, 1.54) is 21.9 Å². The van der Waals surface area contributed by atoms with E-state index in [-0.39, 0.29) is 18.8 Å². The van der Waals surface area contributed by atoms with Crippen LogP contribution in [0.3, 0.4) is 0 Å². The predicted molar refractivity (Wildman–Crippen MR) is 68.1 cm³/mol. The number of hydrogen-bond acceptors (Lipinski definition) is 4. The SMILES string of the molecule is [CH2][C@H]1CN(c2ccc(N3CCOC3=O)c(F)c2)C(=O)O1. The predicted octanol–water partition coefficient (Wildman–Crippen LogP) is 1.94. The van der Waals surface area contributed by atoms with Crippen LogP contribution < -0.4 is 9.80 Å². The second-order valence-electron chi connectivity index (χ2n) is 4.52. The average Bonchev–Trinajstić information content (AvgIpc) is 2.95. The van der Waals surface area contributed by atoms with Gasteiger partial charge in [0.1, 0.15) is 18.5 Å². The number of nitrogens with zero attached hydrogens (tertiary/aromatic N) is 2. The summed E-state index contributed by atoms with van der Waals surface area (Å²) in [5.74, 6) is -0.596. The molecule has 0 aromatic heterocycles. The molecule has 1 aromatic rings. The summed E-state index contributed by atoms with van der Waals surface area (Å²) in [7, 11) is 0. The zero-order valence-corrected chi connectivity index (χ0v) is 10.5. The van der Waals surface area contributed by atoms with Crippen molar-refractivity contribution in [1.82, 2.24) is 0 Å². The van der Waals surface area contributed by atoms with Gasteiger partial charge in [-0.05, 0) is 25.1 Å². The number of cyclic esters (lactones) is 2. The monoisotopic (exact) mass is 279 g/mol. The highest BCUT2D eigenvalue weighted by atomic mass is 19.1. The maximum atomic E-state index is 14.1. The molecule has 3 rings (SSSR count). The minimum absolute atomic E-state index is 0.134. The quantitative estimate of drug-likeness (QED) is 0.830. The van der Waals surface area contributed by atoms with Gasteiger partial charge in [0.05, 0.1) is 24.5 Å². The molecule has 20 heavy (non-hydrogen) atoms. The first-order valence-electron chi connectivity index (χ1n) is 6.11. The third-order valence-corrected chi connectivity index (χ3v) is 3.17. The van der Waals surface area contributed by atoms with Crippen LogP contribution in [0, 0.1) is 12.7 Å². The van der Waals surface area contributed by atoms with Crippen LogP contribution in [0.5, 0.6) is 0 Å². The fraction of sp³-hybridized carbons (Fsp3) is 0.308. The lowest BCUT2D eigenvalue weighted by molar-refractivity contribution is 0.159. The number of rotatable bonds is 2. The number of anilines is 2. The van der Waals surface area contributed by atoms with Gasteiger partial charge in [0.25, 0.3) is 0 Å². The second kappa shape index (κ2) is 4.66. The Balaban J connectivity index is 1.88. The van der Waals surface area contributed by atoms with Gasteiger partial charge in [-0.15, -0.1) is 0 Å². The number of amides is 2. The van der Waals surface area contributed by atoms with Gasteiger partial charge in [-0.25, -0.2) is 14.0 Å². The van der Waals surface area contributed by atoms with Crippen molar-refractivity contribution in [3.63, 3.8) is 0 Å². The fourth-order valence-corrected chi connectivity index (χ4v) is 2.23. The van der Waals surface area contributed by atoms with Crippen LogP contribution in [0.1, 0.15) is 0 Å². The Bertz CT molecular complexity index is 577. The number of carbonyl (C=O) groups is 2. The lowest BCUT2D eigenvalue weighted by atomic mass is 10.2. The molecule has 0 saturated carbocycles. The van der Waals surface area contributed by atoms with E-state index in [0.29, 0.717) is 12.2 Å². The van der Waals surface area contributed by atoms with Gasteiger partial charge >= 0.3 is 12.2 Å². The van der Waals surface area contributed by atoms with Gasteiger partial charge in [-0.1, -0.05) is 0 Å². The number of halogens is 1. The largest absolute Gasteiger partial charge is 0.447 e. The van der Waals surface area contributed by atoms with Gasteiger partial charge in [0.15, 0.2) is 0 Å². The molecule has 2 fully saturated rings. The Morgan fingerprint density at radius 2 is 2.05 bits per heavy atom. The molecule has 2 amide bonds. The summed E-state index contributed by atoms with van der Waals surface area (Å²) < 4.78 is 23.8. The standard InChI is InChI=1S/C13H12FN2O4/c1-8-7-16(13(18)20-8)9-2-3-11(10(14)6-9)15-4-5-19-12(15)17/h2-3,6,8H,1,4-5,7H2/t8-/m0/s1. The van der Waals surface area contributed by atoms with E-state index in [1.807, 2.05) is 0 Å². The molecule has 2 heterocycles. The summed E-state index contributed by atoms with van der Waals surface area (Å²) in [6.45, 7) is 4.44. The van der Waals surface area contributed by atoms with Crippen molar-refractivity contribution >= 4 is 23.6 Å². The minimum Gasteiger partial charge on any atom is -0.447 e. The van der Waals surface area contributed by atoms with Crippen molar-refractivity contribution in [3.05, 3.63) is 30.9 Å². The molecule has 0 aliphatic carbocycles. The molecule has 1 aromatic carbocycles. The summed E-state index contributed by atoms with van der Waals surface area (Å²) in [6, 6.07) is 4.20. The number of carbonyl (C=O) groups excluding carboxylic acids is 2. The van der Waals surface area contributed by atoms with Crippen molar-refractivity contribution < 1.29 is 23.5 Å². The van der Waals surface area contributed by atoms with Crippen molar-refractivity contribution in [2.75, 3.05) is 29.5 Å². The highest BCUT2D eigenvalue weighted by molar-refractivity contribution is 5.92. The fourth-order valence-electron chi connectivity index (χ4n) is 2.23. The first-order valence-corrected chi connectivity index (χ1v) is 6.11. The molecule has 105 valence electrons. The summed E-state index contributed by atoms with van der Waals surface area (Å²) in [5, 5.41) is 0. The Hall–Kier alpha value is -2.31. The zero-order valence-electron chi connectivity index (χ0n) is 10.5. The third-order valence-electron chi connectivity index (χ3n) is 3.17. The molecule has 7 heteroatoms. The van der Waals surface area contributed by atoms with E-state index in [1.54, 1.807) is 6.07 Å². The van der Waals surface area contributed by atoms with E-state index in [9.17, 15) is 14.0 Å². The molecule has 1 atom stereocenters. The highest BCUT2D eigenvalue weighted by Gasteiger charge is 2.31. The molecule has 2 aliphatic rings. The normalized spacial score (nSPS) is 22.2. The van der Waals surface area contributed by atoms with E-state index in [0.717, 1.165) is 0 Å². The van der Waals surface area contributed by atoms with Crippen LogP contribution in [0.25, 0.3) is 0 Å². The third kappa shape index (κ3) is 2.04. The summed E-state index contributed by atoms with van der Waals surface area (Å²) in [5.41, 5.74) is 0.505. The highest BCUT2D eigenvalue weighted by Crippen LogP contribution is 2.29. The topological polar surface area (TPSA) is 59.1 Å². The molecular formula is C13H12FN2O4. The summed E-state index contributed by atoms with van der Waals surface area (Å²) in [6.07, 6.45) is -1.61. The first-order chi connectivity index (χ1) is 9.56. The Morgan fingerprint density at radius 1 is 1.25 bits per heavy atom. The van der Waals surface area contributed by atoms with Gasteiger partial charge < -0.3 is 9.47 Å². The Kier molecular flexibility index (Phi) is 2.96. The molecule has 6 nitrogen and oxygen atoms in total. The van der Waals surface area contributed by atoms with E-state index < -0.39 is 24.1 Å². The molecule has 2 aliphatic heterocycles. The van der Waals surface area contributed by atoms with Gasteiger partial charge in [0, 0.05) is 0 Å². The zero-order chi connectivity index (χ0) is 14.3. The van der Waals surface area contributed by atoms with Crippen LogP contribution in [-0.2, 0) is 9.47 Å². The summed E-state index contributed by atoms with van der Waals surface area (Å²) >= 11 is 0. The maximum absolute atomic E-state index is 14.1. The molecule has 0 unspecified atom stereocenters. The second-order valence-corrected chi connectivity index (χ2v) is 4.52. The van der Waals surface area contributed by atoms with Crippen LogP contribution in [0.2, 0.25) is 0 Å². The van der Waals surface area contributed by atoms with Crippen LogP contribution in [0.15, 0.2) is 18.2 Å². The summed E-state index contributed by atoms with van der Waals surface area (Å²) in [4.78, 5) is 25.5. The molecular weight excluding hydrogens is 267 g/mol. The van der Waals surface area contributed by atoms with Gasteiger partial charge in [-0.2, -0.15) is 0 Å². The first kappa shape index (κ1) is 12.7. The lowest BCUT2D eigenvalue weighted by Crippen LogP contribution is -2.26. The molecule has 0 spiro atoms. The Labute approximate surface area is 114 Å². The molecule has 0 bridgehead atoms. The number of hydrogen-bond donors (Lipinski definition) is 0. The van der Waals surface area contributed by atoms with E-state index in [2.05, 4.69) is 6.92 Å². The van der Waals surface area contributed by atoms with Crippen LogP contribution in [-0.4, -0.2) is 38.0 Å². The minimum atomic E-state index is -0.596. The van der Waals surface area contributed by atoms with Gasteiger partial charge in [-0.3, -0.25) is 9.80 Å². The Morgan fingerprint density at radius 3 is 2.60 bits per heavy atom. The maximum Gasteiger partial charge on any atom is 0.414 e. The number of benzene rings is 1. The van der Waals surface area contributed by atoms with E-state index in [4.69, 9.17) is 9.47 Å². The van der Waals surface area contributed by atoms with Crippen LogP contribution in [0.4, 0.5) is 25.4 Å². The van der Waals surface area contributed by atoms with Crippen molar-refractivity contribution in [1.29, 1.82) is 0 Å². The van der Waals surface area contributed by atoms with Gasteiger partial charge in [0.2, 0.25) is 0 Å². The number of ether oxygens (including phenoxy) is 2. The van der Waals surface area contributed by atoms with Crippen LogP contribution >= 0.6 is 0 Å². The lowest BCUT2D eigenvalue weighted by Gasteiger charge is -2.17. The van der Waals surface area contributed by atoms with E-state index >= 15 is 0 Å². The average molecular weight is 279 g/mol. The molecule has 0 N–H and O–H groups in total. The van der Waals surface area contributed by atoms with Crippen molar-refractivity contribution in [2.24, 2.45) is 0 Å². The van der Waals surface area contributed by atoms with Crippen molar-refractivity contribution in [3.8, 4) is 0 Å². The van der Waals surface area contributed by atoms with Crippen molar-refractivity contribution in [2.45, 2.75) is 6.10 Å². The molecule has 2 saturated heterocycles. The molecule has 1 radical (unpaired) electrons. The smallest absolute Gasteiger partial charge is 0.414 e.